The largest absolute Gasteiger partial charge is 0.416 e. The molecule has 1 N–H and O–H groups in total. The van der Waals surface area contributed by atoms with Gasteiger partial charge in [0.2, 0.25) is 0 Å². The fourth-order valence-corrected chi connectivity index (χ4v) is 3.71. The molecular formula is C21H16F3N7O. The van der Waals surface area contributed by atoms with E-state index in [2.05, 4.69) is 25.0 Å². The van der Waals surface area contributed by atoms with Crippen LogP contribution >= 0.6 is 0 Å². The van der Waals surface area contributed by atoms with Crippen molar-refractivity contribution in [3.63, 3.8) is 0 Å². The van der Waals surface area contributed by atoms with Crippen molar-refractivity contribution in [2.45, 2.75) is 19.1 Å². The number of nitrogens with zero attached hydrogens (tertiary/aromatic N) is 6. The van der Waals surface area contributed by atoms with Crippen LogP contribution in [0.3, 0.4) is 0 Å². The monoisotopic (exact) mass is 439 g/mol. The van der Waals surface area contributed by atoms with Crippen molar-refractivity contribution in [1.29, 1.82) is 0 Å². The van der Waals surface area contributed by atoms with E-state index in [0.29, 0.717) is 34.2 Å². The fraction of sp³-hybridized carbons (Fsp3) is 0.190. The standard InChI is InChI=1S/C21H16F3N7O/c1-12-11-30(14-4-2-13(3-5-14)21(22,23)24)20(32)18-15(8-28-31(12)18)16-10-27-19(29-16)17-9-25-6-7-26-17/h2-10,12H,11H2,1H3,(H,27,29). The zero-order valence-electron chi connectivity index (χ0n) is 16.7. The molecule has 0 saturated carbocycles. The van der Waals surface area contributed by atoms with Crippen molar-refractivity contribution in [2.75, 3.05) is 11.4 Å². The van der Waals surface area contributed by atoms with E-state index in [1.54, 1.807) is 35.7 Å². The van der Waals surface area contributed by atoms with E-state index in [9.17, 15) is 18.0 Å². The number of alkyl halides is 3. The molecule has 0 bridgehead atoms. The Hall–Kier alpha value is -4.02. The summed E-state index contributed by atoms with van der Waals surface area (Å²) >= 11 is 0. The van der Waals surface area contributed by atoms with Crippen molar-refractivity contribution < 1.29 is 18.0 Å². The maximum atomic E-state index is 13.4. The molecule has 11 heteroatoms. The highest BCUT2D eigenvalue weighted by Crippen LogP contribution is 2.34. The molecule has 1 aliphatic heterocycles. The molecule has 0 radical (unpaired) electrons. The molecule has 3 aromatic heterocycles. The second-order valence-corrected chi connectivity index (χ2v) is 7.39. The van der Waals surface area contributed by atoms with Gasteiger partial charge in [-0.15, -0.1) is 0 Å². The third-order valence-corrected chi connectivity index (χ3v) is 5.27. The van der Waals surface area contributed by atoms with Crippen molar-refractivity contribution in [1.82, 2.24) is 29.7 Å². The fourth-order valence-electron chi connectivity index (χ4n) is 3.71. The third kappa shape index (κ3) is 3.31. The average Bonchev–Trinajstić information content (AvgIpc) is 3.44. The number of benzene rings is 1. The molecule has 4 heterocycles. The number of H-pyrrole nitrogens is 1. The number of halogens is 3. The van der Waals surface area contributed by atoms with Crippen molar-refractivity contribution in [3.05, 3.63) is 66.5 Å². The average molecular weight is 439 g/mol. The lowest BCUT2D eigenvalue weighted by molar-refractivity contribution is -0.137. The molecule has 0 aliphatic carbocycles. The van der Waals surface area contributed by atoms with Gasteiger partial charge in [0.05, 0.1) is 35.3 Å². The van der Waals surface area contributed by atoms with Gasteiger partial charge in [0.15, 0.2) is 5.82 Å². The lowest BCUT2D eigenvalue weighted by atomic mass is 10.1. The van der Waals surface area contributed by atoms with Gasteiger partial charge in [0, 0.05) is 30.8 Å². The van der Waals surface area contributed by atoms with Crippen LogP contribution in [0.15, 0.2) is 55.2 Å². The van der Waals surface area contributed by atoms with Crippen molar-refractivity contribution in [3.8, 4) is 22.8 Å². The Balaban J connectivity index is 1.51. The van der Waals surface area contributed by atoms with Crippen LogP contribution in [0.2, 0.25) is 0 Å². The van der Waals surface area contributed by atoms with Crippen LogP contribution in [0.5, 0.6) is 0 Å². The molecule has 162 valence electrons. The molecule has 0 fully saturated rings. The molecule has 32 heavy (non-hydrogen) atoms. The minimum Gasteiger partial charge on any atom is -0.343 e. The van der Waals surface area contributed by atoms with Crippen LogP contribution in [0, 0.1) is 0 Å². The van der Waals surface area contributed by atoms with Gasteiger partial charge in [-0.1, -0.05) is 0 Å². The number of carbonyl (C=O) groups excluding carboxylic acids is 1. The molecule has 1 aliphatic rings. The highest BCUT2D eigenvalue weighted by Gasteiger charge is 2.35. The first kappa shape index (κ1) is 19.9. The summed E-state index contributed by atoms with van der Waals surface area (Å²) in [6, 6.07) is 4.37. The lowest BCUT2D eigenvalue weighted by Crippen LogP contribution is -2.42. The second-order valence-electron chi connectivity index (χ2n) is 7.39. The number of hydrogen-bond acceptors (Lipinski definition) is 5. The van der Waals surface area contributed by atoms with E-state index < -0.39 is 11.7 Å². The number of amides is 1. The van der Waals surface area contributed by atoms with E-state index >= 15 is 0 Å². The number of anilines is 1. The van der Waals surface area contributed by atoms with Gasteiger partial charge in [0.1, 0.15) is 11.4 Å². The molecular weight excluding hydrogens is 423 g/mol. The van der Waals surface area contributed by atoms with Gasteiger partial charge < -0.3 is 9.88 Å². The van der Waals surface area contributed by atoms with Gasteiger partial charge >= 0.3 is 6.18 Å². The van der Waals surface area contributed by atoms with Crippen LogP contribution in [0.25, 0.3) is 22.8 Å². The maximum Gasteiger partial charge on any atom is 0.416 e. The maximum absolute atomic E-state index is 13.4. The first-order chi connectivity index (χ1) is 15.3. The molecule has 8 nitrogen and oxygen atoms in total. The topological polar surface area (TPSA) is 92.6 Å². The van der Waals surface area contributed by atoms with Gasteiger partial charge in [-0.3, -0.25) is 14.5 Å². The first-order valence-electron chi connectivity index (χ1n) is 9.71. The number of imidazole rings is 1. The summed E-state index contributed by atoms with van der Waals surface area (Å²) in [4.78, 5) is 30.6. The summed E-state index contributed by atoms with van der Waals surface area (Å²) < 4.78 is 40.4. The van der Waals surface area contributed by atoms with Crippen molar-refractivity contribution in [2.24, 2.45) is 0 Å². The Morgan fingerprint density at radius 1 is 1.09 bits per heavy atom. The normalized spacial score (nSPS) is 16.3. The Labute approximate surface area is 179 Å². The van der Waals surface area contributed by atoms with Gasteiger partial charge in [-0.05, 0) is 31.2 Å². The van der Waals surface area contributed by atoms with Crippen LogP contribution in [-0.4, -0.2) is 42.2 Å². The predicted molar refractivity (Wildman–Crippen MR) is 109 cm³/mol. The van der Waals surface area contributed by atoms with Crippen molar-refractivity contribution >= 4 is 11.6 Å². The van der Waals surface area contributed by atoms with E-state index in [4.69, 9.17) is 0 Å². The van der Waals surface area contributed by atoms with Crippen LogP contribution in [0.4, 0.5) is 18.9 Å². The molecule has 0 saturated heterocycles. The molecule has 1 unspecified atom stereocenters. The number of rotatable bonds is 3. The predicted octanol–water partition coefficient (Wildman–Crippen LogP) is 3.97. The van der Waals surface area contributed by atoms with Gasteiger partial charge in [0.25, 0.3) is 5.91 Å². The Bertz CT molecular complexity index is 1280. The quantitative estimate of drug-likeness (QED) is 0.522. The minimum absolute atomic E-state index is 0.183. The number of carbonyl (C=O) groups is 1. The minimum atomic E-state index is -4.44. The number of nitrogens with one attached hydrogen (secondary N) is 1. The zero-order valence-corrected chi connectivity index (χ0v) is 16.7. The molecule has 1 amide bonds. The molecule has 5 rings (SSSR count). The molecule has 4 aromatic rings. The third-order valence-electron chi connectivity index (χ3n) is 5.27. The van der Waals surface area contributed by atoms with Gasteiger partial charge in [-0.2, -0.15) is 18.3 Å². The number of aromatic nitrogens is 6. The summed E-state index contributed by atoms with van der Waals surface area (Å²) in [6.45, 7) is 2.17. The molecule has 0 spiro atoms. The molecule has 1 aromatic carbocycles. The van der Waals surface area contributed by atoms with E-state index in [1.807, 2.05) is 6.92 Å². The van der Waals surface area contributed by atoms with E-state index in [1.165, 1.54) is 17.0 Å². The summed E-state index contributed by atoms with van der Waals surface area (Å²) in [7, 11) is 0. The summed E-state index contributed by atoms with van der Waals surface area (Å²) in [6.07, 6.45) is 3.44. The Kier molecular flexibility index (Phi) is 4.54. The van der Waals surface area contributed by atoms with E-state index in [-0.39, 0.29) is 18.5 Å². The zero-order chi connectivity index (χ0) is 22.5. The summed E-state index contributed by atoms with van der Waals surface area (Å²) in [5.41, 5.74) is 1.51. The van der Waals surface area contributed by atoms with E-state index in [0.717, 1.165) is 12.1 Å². The second kappa shape index (κ2) is 7.29. The number of fused-ring (bicyclic) bond motifs is 1. The molecule has 1 atom stereocenters. The number of aromatic amines is 1. The Morgan fingerprint density at radius 3 is 2.56 bits per heavy atom. The lowest BCUT2D eigenvalue weighted by Gasteiger charge is -2.32. The summed E-state index contributed by atoms with van der Waals surface area (Å²) in [5, 5.41) is 4.36. The number of hydrogen-bond donors (Lipinski definition) is 1. The van der Waals surface area contributed by atoms with Crippen LogP contribution in [0.1, 0.15) is 29.0 Å². The Morgan fingerprint density at radius 2 is 1.88 bits per heavy atom. The van der Waals surface area contributed by atoms with Gasteiger partial charge in [-0.25, -0.2) is 9.97 Å². The smallest absolute Gasteiger partial charge is 0.343 e. The van der Waals surface area contributed by atoms with Crippen LogP contribution in [-0.2, 0) is 6.18 Å². The highest BCUT2D eigenvalue weighted by atomic mass is 19.4. The first-order valence-corrected chi connectivity index (χ1v) is 9.71. The highest BCUT2D eigenvalue weighted by molar-refractivity contribution is 6.09. The van der Waals surface area contributed by atoms with Crippen LogP contribution < -0.4 is 4.90 Å². The summed E-state index contributed by atoms with van der Waals surface area (Å²) in [5.74, 6) is 0.128. The SMILES string of the molecule is CC1CN(c2ccc(C(F)(F)F)cc2)C(=O)c2c(-c3c[nH]c(-c4cnccn4)n3)cnn21.